The van der Waals surface area contributed by atoms with E-state index in [4.69, 9.17) is 0 Å². The topological polar surface area (TPSA) is 74.7 Å². The van der Waals surface area contributed by atoms with Crippen molar-refractivity contribution in [1.82, 2.24) is 20.2 Å². The van der Waals surface area contributed by atoms with Gasteiger partial charge in [0.15, 0.2) is 5.65 Å². The molecule has 0 aromatic carbocycles. The third-order valence-corrected chi connectivity index (χ3v) is 1.40. The molecule has 0 aliphatic heterocycles. The maximum absolute atomic E-state index is 9.23. The summed E-state index contributed by atoms with van der Waals surface area (Å²) in [6.07, 6.45) is 1.49. The molecule has 0 aliphatic carbocycles. The Bertz CT molecular complexity index is 394. The zero-order valence-electron chi connectivity index (χ0n) is 5.87. The lowest BCUT2D eigenvalue weighted by Gasteiger charge is -1.93. The number of hydrogen-bond donors (Lipinski definition) is 2. The van der Waals surface area contributed by atoms with E-state index in [0.717, 1.165) is 0 Å². The molecule has 0 amide bonds. The van der Waals surface area contributed by atoms with Crippen molar-refractivity contribution in [3.05, 3.63) is 12.0 Å². The van der Waals surface area contributed by atoms with Gasteiger partial charge in [-0.1, -0.05) is 0 Å². The molecule has 0 spiro atoms. The summed E-state index contributed by atoms with van der Waals surface area (Å²) in [6.45, 7) is 1.71. The number of rotatable bonds is 0. The minimum absolute atomic E-state index is 0.0266. The first-order chi connectivity index (χ1) is 5.27. The number of aromatic hydroxyl groups is 1. The molecule has 0 aliphatic rings. The fraction of sp³-hybridized carbons (Fsp3) is 0.167. The van der Waals surface area contributed by atoms with E-state index >= 15 is 0 Å². The van der Waals surface area contributed by atoms with Gasteiger partial charge in [-0.25, -0.2) is 4.98 Å². The van der Waals surface area contributed by atoms with Crippen molar-refractivity contribution < 1.29 is 5.11 Å². The first-order valence-electron chi connectivity index (χ1n) is 3.14. The lowest BCUT2D eigenvalue weighted by molar-refractivity contribution is 0.457. The van der Waals surface area contributed by atoms with Crippen LogP contribution in [0.2, 0.25) is 0 Å². The minimum atomic E-state index is -0.0266. The number of fused-ring (bicyclic) bond motifs is 1. The Morgan fingerprint density at radius 1 is 1.45 bits per heavy atom. The molecule has 2 aromatic heterocycles. The van der Waals surface area contributed by atoms with E-state index in [0.29, 0.717) is 16.9 Å². The molecule has 2 aromatic rings. The molecular weight excluding hydrogens is 144 g/mol. The summed E-state index contributed by atoms with van der Waals surface area (Å²) < 4.78 is 0. The smallest absolute Gasteiger partial charge is 0.225 e. The van der Waals surface area contributed by atoms with E-state index in [-0.39, 0.29) is 5.88 Å². The van der Waals surface area contributed by atoms with Crippen molar-refractivity contribution >= 4 is 11.0 Å². The predicted octanol–water partition coefficient (Wildman–Crippen LogP) is 0.367. The van der Waals surface area contributed by atoms with Crippen LogP contribution in [0.25, 0.3) is 11.0 Å². The van der Waals surface area contributed by atoms with Gasteiger partial charge in [0.05, 0.1) is 6.20 Å². The van der Waals surface area contributed by atoms with Crippen LogP contribution in [0.15, 0.2) is 6.20 Å². The van der Waals surface area contributed by atoms with Gasteiger partial charge in [-0.2, -0.15) is 10.1 Å². The van der Waals surface area contributed by atoms with Crippen LogP contribution in [0.5, 0.6) is 5.88 Å². The van der Waals surface area contributed by atoms with E-state index in [9.17, 15) is 5.11 Å². The van der Waals surface area contributed by atoms with Gasteiger partial charge in [0.2, 0.25) is 5.88 Å². The Kier molecular flexibility index (Phi) is 1.06. The van der Waals surface area contributed by atoms with E-state index in [1.54, 1.807) is 6.92 Å². The Labute approximate surface area is 62.1 Å². The van der Waals surface area contributed by atoms with Gasteiger partial charge in [-0.3, -0.25) is 5.10 Å². The van der Waals surface area contributed by atoms with Crippen molar-refractivity contribution in [2.45, 2.75) is 6.92 Å². The van der Waals surface area contributed by atoms with Crippen LogP contribution in [-0.2, 0) is 0 Å². The summed E-state index contributed by atoms with van der Waals surface area (Å²) >= 11 is 0. The maximum Gasteiger partial charge on any atom is 0.225 e. The molecule has 5 nitrogen and oxygen atoms in total. The average molecular weight is 150 g/mol. The molecular formula is C6H6N4O. The molecule has 0 saturated heterocycles. The second-order valence-electron chi connectivity index (χ2n) is 2.23. The second kappa shape index (κ2) is 1.91. The third-order valence-electron chi connectivity index (χ3n) is 1.40. The Morgan fingerprint density at radius 3 is 3.09 bits per heavy atom. The molecule has 5 heteroatoms. The number of aromatic amines is 1. The number of aromatic nitrogens is 4. The molecule has 11 heavy (non-hydrogen) atoms. The first-order valence-corrected chi connectivity index (χ1v) is 3.14. The normalized spacial score (nSPS) is 10.6. The van der Waals surface area contributed by atoms with Gasteiger partial charge in [-0.05, 0) is 6.92 Å². The highest BCUT2D eigenvalue weighted by molar-refractivity contribution is 5.78. The first kappa shape index (κ1) is 6.09. The van der Waals surface area contributed by atoms with Gasteiger partial charge in [0.1, 0.15) is 11.2 Å². The van der Waals surface area contributed by atoms with Crippen molar-refractivity contribution in [2.24, 2.45) is 0 Å². The van der Waals surface area contributed by atoms with Crippen LogP contribution < -0.4 is 0 Å². The monoisotopic (exact) mass is 150 g/mol. The van der Waals surface area contributed by atoms with Crippen LogP contribution >= 0.6 is 0 Å². The lowest BCUT2D eigenvalue weighted by atomic mass is 10.4. The van der Waals surface area contributed by atoms with Crippen LogP contribution in [-0.4, -0.2) is 25.3 Å². The zero-order valence-corrected chi connectivity index (χ0v) is 5.87. The zero-order chi connectivity index (χ0) is 7.84. The van der Waals surface area contributed by atoms with Gasteiger partial charge in [0.25, 0.3) is 0 Å². The number of nitrogens with one attached hydrogen (secondary N) is 1. The molecule has 0 saturated carbocycles. The summed E-state index contributed by atoms with van der Waals surface area (Å²) in [5.74, 6) is 0.500. The Balaban J connectivity index is 2.91. The molecule has 0 unspecified atom stereocenters. The minimum Gasteiger partial charge on any atom is -0.493 e. The standard InChI is InChI=1S/C6H6N4O/c1-3-8-5-4(2-7-10-5)6(11)9-3/h2H,1H3,(H2,7,8,9,10,11). The fourth-order valence-electron chi connectivity index (χ4n) is 0.928. The predicted molar refractivity (Wildman–Crippen MR) is 38.1 cm³/mol. The molecule has 0 fully saturated rings. The summed E-state index contributed by atoms with van der Waals surface area (Å²) in [5, 5.41) is 16.1. The SMILES string of the molecule is Cc1nc(O)c2cn[nH]c2n1. The van der Waals surface area contributed by atoms with E-state index in [1.807, 2.05) is 0 Å². The summed E-state index contributed by atoms with van der Waals surface area (Å²) in [6, 6.07) is 0. The van der Waals surface area contributed by atoms with Gasteiger partial charge >= 0.3 is 0 Å². The van der Waals surface area contributed by atoms with Gasteiger partial charge in [0, 0.05) is 0 Å². The Morgan fingerprint density at radius 2 is 2.27 bits per heavy atom. The molecule has 0 atom stereocenters. The summed E-state index contributed by atoms with van der Waals surface area (Å²) in [5.41, 5.74) is 0.565. The number of nitrogens with zero attached hydrogens (tertiary/aromatic N) is 3. The largest absolute Gasteiger partial charge is 0.493 e. The van der Waals surface area contributed by atoms with E-state index in [2.05, 4.69) is 20.2 Å². The molecule has 0 radical (unpaired) electrons. The quantitative estimate of drug-likeness (QED) is 0.568. The highest BCUT2D eigenvalue weighted by Crippen LogP contribution is 2.17. The molecule has 56 valence electrons. The molecule has 0 bridgehead atoms. The van der Waals surface area contributed by atoms with Crippen LogP contribution in [0.1, 0.15) is 5.82 Å². The third kappa shape index (κ3) is 0.813. The van der Waals surface area contributed by atoms with Crippen molar-refractivity contribution in [3.8, 4) is 5.88 Å². The highest BCUT2D eigenvalue weighted by Gasteiger charge is 2.04. The van der Waals surface area contributed by atoms with Crippen molar-refractivity contribution in [3.63, 3.8) is 0 Å². The van der Waals surface area contributed by atoms with Crippen LogP contribution in [0, 0.1) is 6.92 Å². The number of aryl methyl sites for hydroxylation is 1. The van der Waals surface area contributed by atoms with E-state index in [1.165, 1.54) is 6.20 Å². The van der Waals surface area contributed by atoms with Gasteiger partial charge in [-0.15, -0.1) is 0 Å². The maximum atomic E-state index is 9.23. The van der Waals surface area contributed by atoms with Crippen molar-refractivity contribution in [2.75, 3.05) is 0 Å². The van der Waals surface area contributed by atoms with E-state index < -0.39 is 0 Å². The number of hydrogen-bond acceptors (Lipinski definition) is 4. The van der Waals surface area contributed by atoms with Crippen LogP contribution in [0.3, 0.4) is 0 Å². The second-order valence-corrected chi connectivity index (χ2v) is 2.23. The summed E-state index contributed by atoms with van der Waals surface area (Å²) in [4.78, 5) is 7.77. The average Bonchev–Trinajstić information content (AvgIpc) is 2.34. The molecule has 2 N–H and O–H groups in total. The van der Waals surface area contributed by atoms with Crippen molar-refractivity contribution in [1.29, 1.82) is 0 Å². The lowest BCUT2D eigenvalue weighted by Crippen LogP contribution is -1.87. The number of H-pyrrole nitrogens is 1. The fourth-order valence-corrected chi connectivity index (χ4v) is 0.928. The highest BCUT2D eigenvalue weighted by atomic mass is 16.3. The van der Waals surface area contributed by atoms with Gasteiger partial charge < -0.3 is 5.11 Å². The molecule has 2 heterocycles. The molecule has 2 rings (SSSR count). The summed E-state index contributed by atoms with van der Waals surface area (Å²) in [7, 11) is 0. The van der Waals surface area contributed by atoms with Crippen LogP contribution in [0.4, 0.5) is 0 Å². The Hall–Kier alpha value is -1.65.